The summed E-state index contributed by atoms with van der Waals surface area (Å²) in [6.07, 6.45) is 3.46. The van der Waals surface area contributed by atoms with Gasteiger partial charge in [0.2, 0.25) is 0 Å². The van der Waals surface area contributed by atoms with Crippen LogP contribution in [0.15, 0.2) is 0 Å². The lowest BCUT2D eigenvalue weighted by Gasteiger charge is -2.46. The summed E-state index contributed by atoms with van der Waals surface area (Å²) in [5, 5.41) is 0. The average Bonchev–Trinajstić information content (AvgIpc) is 2.35. The molecule has 0 bridgehead atoms. The molecular formula is C12H24F2N2O2S. The minimum atomic E-state index is -4.57. The fraction of sp³-hybridized carbons (Fsp3) is 1.00. The Morgan fingerprint density at radius 2 is 2.11 bits per heavy atom. The van der Waals surface area contributed by atoms with Crippen LogP contribution in [0.5, 0.6) is 0 Å². The van der Waals surface area contributed by atoms with E-state index in [-0.39, 0.29) is 13.1 Å². The summed E-state index contributed by atoms with van der Waals surface area (Å²) in [5.74, 6) is -3.07. The normalized spacial score (nSPS) is 29.1. The molecule has 7 heteroatoms. The summed E-state index contributed by atoms with van der Waals surface area (Å²) in [4.78, 5) is 0. The number of alkyl halides is 2. The van der Waals surface area contributed by atoms with Crippen molar-refractivity contribution in [3.05, 3.63) is 0 Å². The van der Waals surface area contributed by atoms with E-state index in [1.165, 1.54) is 0 Å². The lowest BCUT2D eigenvalue weighted by atomic mass is 9.76. The molecule has 2 atom stereocenters. The molecule has 2 unspecified atom stereocenters. The second-order valence-corrected chi connectivity index (χ2v) is 7.33. The zero-order valence-corrected chi connectivity index (χ0v) is 12.4. The van der Waals surface area contributed by atoms with E-state index >= 15 is 0 Å². The third kappa shape index (κ3) is 3.44. The topological polar surface area (TPSA) is 63.4 Å². The van der Waals surface area contributed by atoms with Gasteiger partial charge >= 0.3 is 5.76 Å². The third-order valence-electron chi connectivity index (χ3n) is 3.94. The molecule has 0 saturated heterocycles. The Morgan fingerprint density at radius 3 is 2.53 bits per heavy atom. The van der Waals surface area contributed by atoms with Gasteiger partial charge in [-0.05, 0) is 25.2 Å². The fourth-order valence-electron chi connectivity index (χ4n) is 3.08. The molecule has 0 aliphatic heterocycles. The van der Waals surface area contributed by atoms with Gasteiger partial charge in [0.1, 0.15) is 0 Å². The molecule has 114 valence electrons. The molecule has 1 fully saturated rings. The quantitative estimate of drug-likeness (QED) is 0.817. The molecule has 4 nitrogen and oxygen atoms in total. The number of hydrogen-bond donors (Lipinski definition) is 1. The number of nitrogens with two attached hydrogens (primary N) is 1. The first kappa shape index (κ1) is 16.8. The molecular weight excluding hydrogens is 274 g/mol. The van der Waals surface area contributed by atoms with Gasteiger partial charge in [-0.2, -0.15) is 13.1 Å². The maximum absolute atomic E-state index is 12.9. The van der Waals surface area contributed by atoms with Crippen LogP contribution in [-0.2, 0) is 10.0 Å². The number of rotatable bonds is 6. The number of halogens is 2. The summed E-state index contributed by atoms with van der Waals surface area (Å²) in [5.41, 5.74) is 4.95. The number of sulfonamides is 1. The molecule has 0 heterocycles. The first-order chi connectivity index (χ1) is 8.80. The largest absolute Gasteiger partial charge is 0.350 e. The van der Waals surface area contributed by atoms with Crippen molar-refractivity contribution in [2.24, 2.45) is 11.7 Å². The smallest absolute Gasteiger partial charge is 0.329 e. The van der Waals surface area contributed by atoms with Crippen LogP contribution in [0.2, 0.25) is 0 Å². The predicted octanol–water partition coefficient (Wildman–Crippen LogP) is 2.16. The van der Waals surface area contributed by atoms with Gasteiger partial charge in [0.25, 0.3) is 10.0 Å². The Kier molecular flexibility index (Phi) is 5.70. The van der Waals surface area contributed by atoms with E-state index in [1.807, 2.05) is 6.92 Å². The number of nitrogens with zero attached hydrogens (tertiary/aromatic N) is 1. The van der Waals surface area contributed by atoms with Crippen LogP contribution >= 0.6 is 0 Å². The first-order valence-corrected chi connectivity index (χ1v) is 8.30. The van der Waals surface area contributed by atoms with Crippen LogP contribution in [0.3, 0.4) is 0 Å². The van der Waals surface area contributed by atoms with E-state index in [9.17, 15) is 17.2 Å². The molecule has 1 aliphatic carbocycles. The third-order valence-corrected chi connectivity index (χ3v) is 5.57. The molecule has 0 amide bonds. The maximum atomic E-state index is 12.9. The monoisotopic (exact) mass is 298 g/mol. The minimum Gasteiger partial charge on any atom is -0.329 e. The Bertz CT molecular complexity index is 389. The highest BCUT2D eigenvalue weighted by molar-refractivity contribution is 7.89. The van der Waals surface area contributed by atoms with E-state index < -0.39 is 21.3 Å². The van der Waals surface area contributed by atoms with Crippen LogP contribution in [0.4, 0.5) is 8.78 Å². The first-order valence-electron chi connectivity index (χ1n) is 6.80. The van der Waals surface area contributed by atoms with Gasteiger partial charge in [0.15, 0.2) is 0 Å². The molecule has 1 saturated carbocycles. The molecule has 0 radical (unpaired) electrons. The lowest BCUT2D eigenvalue weighted by Crippen LogP contribution is -2.59. The lowest BCUT2D eigenvalue weighted by molar-refractivity contribution is 0.0978. The van der Waals surface area contributed by atoms with E-state index in [4.69, 9.17) is 5.73 Å². The second kappa shape index (κ2) is 6.45. The molecule has 1 rings (SSSR count). The van der Waals surface area contributed by atoms with Crippen molar-refractivity contribution < 1.29 is 17.2 Å². The van der Waals surface area contributed by atoms with Gasteiger partial charge in [-0.25, -0.2) is 8.42 Å². The van der Waals surface area contributed by atoms with Crippen LogP contribution in [0.25, 0.3) is 0 Å². The van der Waals surface area contributed by atoms with Crippen molar-refractivity contribution in [1.82, 2.24) is 4.31 Å². The Hall–Kier alpha value is -0.270. The highest BCUT2D eigenvalue weighted by Crippen LogP contribution is 2.38. The molecule has 0 aromatic rings. The zero-order chi connectivity index (χ0) is 14.7. The maximum Gasteiger partial charge on any atom is 0.350 e. The Labute approximate surface area is 114 Å². The van der Waals surface area contributed by atoms with E-state index in [1.54, 1.807) is 6.92 Å². The summed E-state index contributed by atoms with van der Waals surface area (Å²) < 4.78 is 50.6. The fourth-order valence-corrected chi connectivity index (χ4v) is 4.49. The molecule has 19 heavy (non-hydrogen) atoms. The van der Waals surface area contributed by atoms with Crippen LogP contribution < -0.4 is 5.73 Å². The number of hydrogen-bond acceptors (Lipinski definition) is 3. The summed E-state index contributed by atoms with van der Waals surface area (Å²) in [6.45, 7) is 4.01. The van der Waals surface area contributed by atoms with Crippen molar-refractivity contribution in [2.45, 2.75) is 57.2 Å². The molecule has 0 aromatic heterocycles. The van der Waals surface area contributed by atoms with Crippen LogP contribution in [0, 0.1) is 5.92 Å². The van der Waals surface area contributed by atoms with E-state index in [2.05, 4.69) is 0 Å². The Balaban J connectivity index is 3.14. The zero-order valence-electron chi connectivity index (χ0n) is 11.6. The van der Waals surface area contributed by atoms with Gasteiger partial charge in [-0.3, -0.25) is 0 Å². The summed E-state index contributed by atoms with van der Waals surface area (Å²) in [6, 6.07) is 0. The van der Waals surface area contributed by atoms with Gasteiger partial charge < -0.3 is 5.73 Å². The highest BCUT2D eigenvalue weighted by atomic mass is 32.2. The minimum absolute atomic E-state index is 0.100. The molecule has 1 aliphatic rings. The van der Waals surface area contributed by atoms with E-state index in [0.717, 1.165) is 17.1 Å². The van der Waals surface area contributed by atoms with Crippen molar-refractivity contribution in [3.63, 3.8) is 0 Å². The highest BCUT2D eigenvalue weighted by Gasteiger charge is 2.47. The summed E-state index contributed by atoms with van der Waals surface area (Å²) >= 11 is 0. The van der Waals surface area contributed by atoms with Gasteiger partial charge in [-0.1, -0.05) is 26.7 Å². The predicted molar refractivity (Wildman–Crippen MR) is 71.3 cm³/mol. The van der Waals surface area contributed by atoms with E-state index in [0.29, 0.717) is 25.2 Å². The standard InChI is InChI=1S/C12H24F2N2O2S/c1-3-7-16(19(17,18)11(13)14)12(9-15)6-4-5-10(2)8-12/h10-11H,3-9,15H2,1-2H3. The molecule has 2 N–H and O–H groups in total. The average molecular weight is 298 g/mol. The summed E-state index contributed by atoms with van der Waals surface area (Å²) in [7, 11) is -4.57. The molecule has 0 aromatic carbocycles. The van der Waals surface area contributed by atoms with Crippen LogP contribution in [0.1, 0.15) is 46.0 Å². The second-order valence-electron chi connectivity index (χ2n) is 5.51. The van der Waals surface area contributed by atoms with Crippen molar-refractivity contribution in [3.8, 4) is 0 Å². The Morgan fingerprint density at radius 1 is 1.47 bits per heavy atom. The molecule has 0 spiro atoms. The van der Waals surface area contributed by atoms with Crippen molar-refractivity contribution >= 4 is 10.0 Å². The van der Waals surface area contributed by atoms with Gasteiger partial charge in [0.05, 0.1) is 0 Å². The van der Waals surface area contributed by atoms with Gasteiger partial charge in [-0.15, -0.1) is 0 Å². The van der Waals surface area contributed by atoms with Crippen molar-refractivity contribution in [1.29, 1.82) is 0 Å². The van der Waals surface area contributed by atoms with Gasteiger partial charge in [0, 0.05) is 18.6 Å². The van der Waals surface area contributed by atoms with Crippen LogP contribution in [-0.4, -0.2) is 37.1 Å². The van der Waals surface area contributed by atoms with Crippen molar-refractivity contribution in [2.75, 3.05) is 13.1 Å². The SMILES string of the molecule is CCCN(C1(CN)CCCC(C)C1)S(=O)(=O)C(F)F.